The minimum atomic E-state index is -1.02. The van der Waals surface area contributed by atoms with Gasteiger partial charge in [-0.15, -0.1) is 0 Å². The summed E-state index contributed by atoms with van der Waals surface area (Å²) in [7, 11) is 0. The fraction of sp³-hybridized carbons (Fsp3) is 0.452. The van der Waals surface area contributed by atoms with Crippen molar-refractivity contribution in [2.75, 3.05) is 6.54 Å². The lowest BCUT2D eigenvalue weighted by molar-refractivity contribution is -0.142. The number of ketones is 1. The Labute approximate surface area is 234 Å². The van der Waals surface area contributed by atoms with Gasteiger partial charge in [-0.3, -0.25) is 14.5 Å². The second-order valence-corrected chi connectivity index (χ2v) is 12.4. The molecule has 2 aromatic heterocycles. The maximum atomic E-state index is 14.5. The molecule has 3 aromatic rings. The number of H-pyrrole nitrogens is 2. The highest BCUT2D eigenvalue weighted by atomic mass is 16.2. The van der Waals surface area contributed by atoms with Crippen molar-refractivity contribution in [2.45, 2.75) is 52.0 Å². The molecule has 7 rings (SSSR count). The summed E-state index contributed by atoms with van der Waals surface area (Å²) in [6, 6.07) is 8.66. The number of amides is 1. The maximum absolute atomic E-state index is 14.5. The number of carbonyl (C=O) groups is 2. The summed E-state index contributed by atoms with van der Waals surface area (Å²) >= 11 is 0. The Morgan fingerprint density at radius 2 is 1.75 bits per heavy atom. The van der Waals surface area contributed by atoms with Crippen molar-refractivity contribution in [3.8, 4) is 6.07 Å². The molecule has 1 amide bonds. The number of hydrogen-bond acceptors (Lipinski definition) is 6. The zero-order valence-electron chi connectivity index (χ0n) is 23.1. The Kier molecular flexibility index (Phi) is 6.37. The number of fused-ring (bicyclic) bond motifs is 2. The van der Waals surface area contributed by atoms with Crippen LogP contribution < -0.4 is 5.32 Å². The summed E-state index contributed by atoms with van der Waals surface area (Å²) in [6.45, 7) is 7.65. The molecule has 9 nitrogen and oxygen atoms in total. The van der Waals surface area contributed by atoms with Gasteiger partial charge in [-0.2, -0.15) is 5.26 Å². The van der Waals surface area contributed by atoms with Crippen LogP contribution in [0.5, 0.6) is 0 Å². The first-order valence-corrected chi connectivity index (χ1v) is 14.0. The Morgan fingerprint density at radius 3 is 2.27 bits per heavy atom. The van der Waals surface area contributed by atoms with E-state index in [4.69, 9.17) is 5.26 Å². The third-order valence-electron chi connectivity index (χ3n) is 9.90. The van der Waals surface area contributed by atoms with Gasteiger partial charge in [0.25, 0.3) is 5.91 Å². The van der Waals surface area contributed by atoms with Crippen molar-refractivity contribution in [1.29, 1.82) is 5.26 Å². The monoisotopic (exact) mass is 537 g/mol. The highest BCUT2D eigenvalue weighted by Crippen LogP contribution is 2.63. The fourth-order valence-electron chi connectivity index (χ4n) is 7.39. The second-order valence-electron chi connectivity index (χ2n) is 12.4. The molecule has 1 aromatic carbocycles. The van der Waals surface area contributed by atoms with Crippen LogP contribution in [0.15, 0.2) is 61.2 Å². The van der Waals surface area contributed by atoms with Crippen LogP contribution in [0.1, 0.15) is 60.9 Å². The van der Waals surface area contributed by atoms with Crippen molar-refractivity contribution in [3.63, 3.8) is 0 Å². The van der Waals surface area contributed by atoms with Gasteiger partial charge < -0.3 is 15.3 Å². The number of benzene rings is 1. The molecule has 4 atom stereocenters. The summed E-state index contributed by atoms with van der Waals surface area (Å²) in [6.07, 6.45) is 11.3. The molecule has 4 unspecified atom stereocenters. The molecule has 1 saturated heterocycles. The minimum Gasteiger partial charge on any atom is -0.356 e. The van der Waals surface area contributed by atoms with Gasteiger partial charge in [0.2, 0.25) is 0 Å². The second kappa shape index (κ2) is 9.77. The summed E-state index contributed by atoms with van der Waals surface area (Å²) in [5, 5.41) is 12.7. The van der Waals surface area contributed by atoms with E-state index in [1.165, 1.54) is 6.42 Å². The van der Waals surface area contributed by atoms with E-state index in [9.17, 15) is 9.59 Å². The molecule has 0 radical (unpaired) electrons. The lowest BCUT2D eigenvalue weighted by atomic mass is 9.43. The van der Waals surface area contributed by atoms with Crippen LogP contribution in [0.3, 0.4) is 0 Å². The molecule has 4 fully saturated rings. The van der Waals surface area contributed by atoms with E-state index >= 15 is 0 Å². The van der Waals surface area contributed by atoms with Gasteiger partial charge in [-0.25, -0.2) is 9.97 Å². The summed E-state index contributed by atoms with van der Waals surface area (Å²) in [5.41, 5.74) is 1.94. The van der Waals surface area contributed by atoms with E-state index in [1.54, 1.807) is 55.4 Å². The Morgan fingerprint density at radius 1 is 1.10 bits per heavy atom. The zero-order chi connectivity index (χ0) is 28.1. The molecule has 4 aliphatic rings. The van der Waals surface area contributed by atoms with Crippen LogP contribution in [0, 0.1) is 40.4 Å². The highest BCUT2D eigenvalue weighted by molar-refractivity contribution is 6.06. The predicted octanol–water partition coefficient (Wildman–Crippen LogP) is 4.00. The van der Waals surface area contributed by atoms with Crippen molar-refractivity contribution < 1.29 is 9.59 Å². The van der Waals surface area contributed by atoms with Crippen LogP contribution in [0.25, 0.3) is 0 Å². The highest BCUT2D eigenvalue weighted by Gasteiger charge is 2.57. The lowest BCUT2D eigenvalue weighted by Crippen LogP contribution is -2.57. The number of allylic oxidation sites excluding steroid dienone is 1. The van der Waals surface area contributed by atoms with Gasteiger partial charge in [-0.1, -0.05) is 20.8 Å². The van der Waals surface area contributed by atoms with Gasteiger partial charge in [0.05, 0.1) is 24.3 Å². The number of carbonyl (C=O) groups excluding carboxylic acids is 2. The quantitative estimate of drug-likeness (QED) is 0.294. The molecule has 2 bridgehead atoms. The van der Waals surface area contributed by atoms with E-state index in [1.807, 2.05) is 4.90 Å². The van der Waals surface area contributed by atoms with E-state index < -0.39 is 5.54 Å². The van der Waals surface area contributed by atoms with E-state index in [0.29, 0.717) is 65.4 Å². The first-order valence-electron chi connectivity index (χ1n) is 14.0. The van der Waals surface area contributed by atoms with Crippen molar-refractivity contribution in [1.82, 2.24) is 30.2 Å². The normalized spacial score (nSPS) is 27.2. The van der Waals surface area contributed by atoms with E-state index in [2.05, 4.69) is 52.1 Å². The van der Waals surface area contributed by atoms with Crippen LogP contribution in [-0.4, -0.2) is 48.6 Å². The van der Waals surface area contributed by atoms with E-state index in [0.717, 1.165) is 17.8 Å². The first-order chi connectivity index (χ1) is 19.2. The number of nitriles is 1. The standard InChI is InChI=1S/C31H35N7O2/c1-19-22(8-23-9-26(19)30(23,2)3)16-38-28(10-27(39)21-6-4-20(13-32)5-7-21)37-31(29(38)40,11-24-14-33-17-35-24)12-25-15-34-18-36-25/h4-7,10,14-15,17-19,22-23,26,37H,8-9,11-12,16H2,1-3H3,(H,33,35)(H,34,36)/b28-10-. The number of aromatic nitrogens is 4. The molecule has 1 aliphatic heterocycles. The van der Waals surface area contributed by atoms with Gasteiger partial charge in [0.15, 0.2) is 5.78 Å². The van der Waals surface area contributed by atoms with Gasteiger partial charge in [0, 0.05) is 54.8 Å². The molecule has 9 heteroatoms. The number of aromatic amines is 2. The summed E-state index contributed by atoms with van der Waals surface area (Å²) < 4.78 is 0. The Bertz CT molecular complexity index is 1430. The summed E-state index contributed by atoms with van der Waals surface area (Å²) in [5.74, 6) is 2.39. The molecule has 0 spiro atoms. The molecule has 40 heavy (non-hydrogen) atoms. The van der Waals surface area contributed by atoms with Crippen molar-refractivity contribution in [2.24, 2.45) is 29.1 Å². The average molecular weight is 538 g/mol. The number of imidazole rings is 2. The third kappa shape index (κ3) is 4.41. The first kappa shape index (κ1) is 26.1. The average Bonchev–Trinajstić information content (AvgIpc) is 3.69. The molecular formula is C31H35N7O2. The minimum absolute atomic E-state index is 0.0544. The van der Waals surface area contributed by atoms with Crippen LogP contribution in [-0.2, 0) is 17.6 Å². The van der Waals surface area contributed by atoms with Crippen LogP contribution in [0.4, 0.5) is 0 Å². The third-order valence-corrected chi connectivity index (χ3v) is 9.90. The number of nitrogens with zero attached hydrogens (tertiary/aromatic N) is 4. The molecule has 3 aliphatic carbocycles. The lowest BCUT2D eigenvalue weighted by Gasteiger charge is -2.62. The molecule has 3 heterocycles. The van der Waals surface area contributed by atoms with E-state index in [-0.39, 0.29) is 11.7 Å². The SMILES string of the molecule is CC1C(CN2C(=O)C(Cc3cnc[nH]3)(Cc3cnc[nH]3)N/C2=C/C(=O)c2ccc(C#N)cc2)CC2CC1C2(C)C. The molecule has 206 valence electrons. The zero-order valence-corrected chi connectivity index (χ0v) is 23.1. The van der Waals surface area contributed by atoms with Gasteiger partial charge in [-0.05, 0) is 66.2 Å². The largest absolute Gasteiger partial charge is 0.356 e. The number of nitrogens with one attached hydrogen (secondary N) is 3. The van der Waals surface area contributed by atoms with Crippen LogP contribution >= 0.6 is 0 Å². The fourth-order valence-corrected chi connectivity index (χ4v) is 7.39. The van der Waals surface area contributed by atoms with Crippen molar-refractivity contribution >= 4 is 11.7 Å². The van der Waals surface area contributed by atoms with Gasteiger partial charge in [0.1, 0.15) is 11.4 Å². The maximum Gasteiger partial charge on any atom is 0.254 e. The Hall–Kier alpha value is -4.19. The molecule has 3 saturated carbocycles. The molecular weight excluding hydrogens is 502 g/mol. The van der Waals surface area contributed by atoms with Crippen molar-refractivity contribution in [3.05, 3.63) is 83.7 Å². The van der Waals surface area contributed by atoms with Crippen LogP contribution in [0.2, 0.25) is 0 Å². The Balaban J connectivity index is 1.36. The topological polar surface area (TPSA) is 131 Å². The summed E-state index contributed by atoms with van der Waals surface area (Å²) in [4.78, 5) is 44.4. The number of hydrogen-bond donors (Lipinski definition) is 3. The molecule has 3 N–H and O–H groups in total. The van der Waals surface area contributed by atoms with Gasteiger partial charge >= 0.3 is 0 Å². The predicted molar refractivity (Wildman–Crippen MR) is 148 cm³/mol. The smallest absolute Gasteiger partial charge is 0.254 e. The number of rotatable bonds is 8.